The molecule has 1 unspecified atom stereocenters. The average molecular weight is 258 g/mol. The summed E-state index contributed by atoms with van der Waals surface area (Å²) in [6.07, 6.45) is 0.951. The molecule has 0 radical (unpaired) electrons. The Morgan fingerprint density at radius 3 is 2.41 bits per heavy atom. The van der Waals surface area contributed by atoms with E-state index in [0.29, 0.717) is 5.56 Å². The molecule has 0 heterocycles. The predicted octanol–water partition coefficient (Wildman–Crippen LogP) is 1.30. The molecule has 0 aliphatic carbocycles. The van der Waals surface area contributed by atoms with Crippen molar-refractivity contribution >= 4 is 16.1 Å². The Bertz CT molecular complexity index is 506. The van der Waals surface area contributed by atoms with Gasteiger partial charge in [0.15, 0.2) is 0 Å². The van der Waals surface area contributed by atoms with Crippen molar-refractivity contribution in [2.24, 2.45) is 0 Å². The number of rotatable bonds is 4. The van der Waals surface area contributed by atoms with E-state index in [0.717, 1.165) is 6.26 Å². The Morgan fingerprint density at radius 2 is 1.88 bits per heavy atom. The Morgan fingerprint density at radius 1 is 1.29 bits per heavy atom. The lowest BCUT2D eigenvalue weighted by Gasteiger charge is -2.13. The van der Waals surface area contributed by atoms with Gasteiger partial charge in [-0.25, -0.2) is 0 Å². The molecule has 94 valence electrons. The summed E-state index contributed by atoms with van der Waals surface area (Å²) in [6.45, 7) is 1.62. The molecule has 0 aromatic heterocycles. The van der Waals surface area contributed by atoms with Crippen LogP contribution in [-0.2, 0) is 19.6 Å². The number of carbonyl (C=O) groups is 1. The SMILES string of the molecule is COC(=O)C(C)c1ccccc1OS(C)(=O)=O. The zero-order valence-electron chi connectivity index (χ0n) is 9.84. The van der Waals surface area contributed by atoms with Crippen molar-refractivity contribution in [2.75, 3.05) is 13.4 Å². The van der Waals surface area contributed by atoms with Crippen LogP contribution in [0.1, 0.15) is 18.4 Å². The van der Waals surface area contributed by atoms with Gasteiger partial charge in [-0.05, 0) is 13.0 Å². The molecule has 0 saturated heterocycles. The number of ether oxygens (including phenoxy) is 1. The zero-order chi connectivity index (χ0) is 13.1. The fourth-order valence-corrected chi connectivity index (χ4v) is 1.86. The summed E-state index contributed by atoms with van der Waals surface area (Å²) in [4.78, 5) is 11.4. The highest BCUT2D eigenvalue weighted by Crippen LogP contribution is 2.28. The number of carbonyl (C=O) groups excluding carboxylic acids is 1. The maximum Gasteiger partial charge on any atom is 0.312 e. The molecule has 0 bridgehead atoms. The Labute approximate surface area is 100 Å². The van der Waals surface area contributed by atoms with Gasteiger partial charge in [0.1, 0.15) is 5.75 Å². The third-order valence-electron chi connectivity index (χ3n) is 2.18. The van der Waals surface area contributed by atoms with Gasteiger partial charge >= 0.3 is 16.1 Å². The van der Waals surface area contributed by atoms with Gasteiger partial charge in [0, 0.05) is 5.56 Å². The molecule has 0 amide bonds. The van der Waals surface area contributed by atoms with Crippen LogP contribution in [0, 0.1) is 0 Å². The van der Waals surface area contributed by atoms with Crippen molar-refractivity contribution in [1.29, 1.82) is 0 Å². The first-order valence-corrected chi connectivity index (χ1v) is 6.73. The fraction of sp³-hybridized carbons (Fsp3) is 0.364. The summed E-state index contributed by atoms with van der Waals surface area (Å²) >= 11 is 0. The van der Waals surface area contributed by atoms with Crippen molar-refractivity contribution in [2.45, 2.75) is 12.8 Å². The second kappa shape index (κ2) is 5.18. The molecule has 5 nitrogen and oxygen atoms in total. The molecule has 17 heavy (non-hydrogen) atoms. The summed E-state index contributed by atoms with van der Waals surface area (Å²) in [6, 6.07) is 6.45. The van der Waals surface area contributed by atoms with Gasteiger partial charge in [-0.3, -0.25) is 4.79 Å². The Kier molecular flexibility index (Phi) is 4.11. The van der Waals surface area contributed by atoms with E-state index in [9.17, 15) is 13.2 Å². The van der Waals surface area contributed by atoms with Crippen LogP contribution in [0.15, 0.2) is 24.3 Å². The molecule has 0 spiro atoms. The lowest BCUT2D eigenvalue weighted by molar-refractivity contribution is -0.142. The van der Waals surface area contributed by atoms with E-state index >= 15 is 0 Å². The van der Waals surface area contributed by atoms with Gasteiger partial charge in [0.25, 0.3) is 0 Å². The van der Waals surface area contributed by atoms with Crippen LogP contribution in [0.25, 0.3) is 0 Å². The number of hydrogen-bond acceptors (Lipinski definition) is 5. The summed E-state index contributed by atoms with van der Waals surface area (Å²) in [5, 5.41) is 0. The molecule has 1 aromatic rings. The number of hydrogen-bond donors (Lipinski definition) is 0. The molecule has 0 aliphatic rings. The second-order valence-electron chi connectivity index (χ2n) is 3.57. The van der Waals surface area contributed by atoms with Crippen molar-refractivity contribution in [3.05, 3.63) is 29.8 Å². The van der Waals surface area contributed by atoms with E-state index < -0.39 is 22.0 Å². The molecule has 1 atom stereocenters. The van der Waals surface area contributed by atoms with Crippen LogP contribution in [0.2, 0.25) is 0 Å². The fourth-order valence-electron chi connectivity index (χ4n) is 1.38. The quantitative estimate of drug-likeness (QED) is 0.601. The van der Waals surface area contributed by atoms with E-state index in [2.05, 4.69) is 4.74 Å². The lowest BCUT2D eigenvalue weighted by Crippen LogP contribution is -2.14. The minimum atomic E-state index is -3.62. The number of methoxy groups -OCH3 is 1. The van der Waals surface area contributed by atoms with Gasteiger partial charge in [-0.2, -0.15) is 8.42 Å². The van der Waals surface area contributed by atoms with Crippen molar-refractivity contribution in [3.63, 3.8) is 0 Å². The van der Waals surface area contributed by atoms with Crippen LogP contribution >= 0.6 is 0 Å². The Balaban J connectivity index is 3.12. The van der Waals surface area contributed by atoms with E-state index in [1.807, 2.05) is 0 Å². The molecule has 6 heteroatoms. The highest BCUT2D eigenvalue weighted by molar-refractivity contribution is 7.86. The first-order valence-electron chi connectivity index (χ1n) is 4.91. The van der Waals surface area contributed by atoms with E-state index in [1.165, 1.54) is 13.2 Å². The van der Waals surface area contributed by atoms with Gasteiger partial charge in [0.05, 0.1) is 19.3 Å². The minimum absolute atomic E-state index is 0.146. The third-order valence-corrected chi connectivity index (χ3v) is 2.66. The average Bonchev–Trinajstić information content (AvgIpc) is 2.25. The number of para-hydroxylation sites is 1. The highest BCUT2D eigenvalue weighted by Gasteiger charge is 2.21. The topological polar surface area (TPSA) is 69.7 Å². The van der Waals surface area contributed by atoms with Gasteiger partial charge in [-0.15, -0.1) is 0 Å². The van der Waals surface area contributed by atoms with Crippen molar-refractivity contribution < 1.29 is 22.1 Å². The summed E-state index contributed by atoms with van der Waals surface area (Å²) < 4.78 is 31.6. The maximum absolute atomic E-state index is 11.4. The largest absolute Gasteiger partial charge is 0.469 e. The normalized spacial score (nSPS) is 12.9. The van der Waals surface area contributed by atoms with Gasteiger partial charge < -0.3 is 8.92 Å². The van der Waals surface area contributed by atoms with Crippen molar-refractivity contribution in [3.8, 4) is 5.75 Å². The monoisotopic (exact) mass is 258 g/mol. The van der Waals surface area contributed by atoms with E-state index in [4.69, 9.17) is 4.18 Å². The molecule has 0 saturated carbocycles. The molecule has 0 fully saturated rings. The zero-order valence-corrected chi connectivity index (χ0v) is 10.7. The third kappa shape index (κ3) is 3.74. The predicted molar refractivity (Wildman–Crippen MR) is 62.3 cm³/mol. The van der Waals surface area contributed by atoms with Crippen LogP contribution in [0.4, 0.5) is 0 Å². The summed E-state index contributed by atoms with van der Waals surface area (Å²) in [5.74, 6) is -0.889. The van der Waals surface area contributed by atoms with Gasteiger partial charge in [0.2, 0.25) is 0 Å². The second-order valence-corrected chi connectivity index (χ2v) is 5.15. The Hall–Kier alpha value is -1.56. The molecule has 0 N–H and O–H groups in total. The lowest BCUT2D eigenvalue weighted by atomic mass is 10.0. The van der Waals surface area contributed by atoms with Crippen LogP contribution < -0.4 is 4.18 Å². The molecule has 1 aromatic carbocycles. The first kappa shape index (κ1) is 13.5. The molecular weight excluding hydrogens is 244 g/mol. The first-order chi connectivity index (χ1) is 7.85. The summed E-state index contributed by atoms with van der Waals surface area (Å²) in [7, 11) is -2.34. The maximum atomic E-state index is 11.4. The molecule has 0 aliphatic heterocycles. The van der Waals surface area contributed by atoms with Crippen LogP contribution in [0.3, 0.4) is 0 Å². The molecule has 1 rings (SSSR count). The molecular formula is C11H14O5S. The number of benzene rings is 1. The van der Waals surface area contributed by atoms with Crippen molar-refractivity contribution in [1.82, 2.24) is 0 Å². The number of esters is 1. The smallest absolute Gasteiger partial charge is 0.312 e. The van der Waals surface area contributed by atoms with Gasteiger partial charge in [-0.1, -0.05) is 18.2 Å². The van der Waals surface area contributed by atoms with Crippen LogP contribution in [-0.4, -0.2) is 27.8 Å². The minimum Gasteiger partial charge on any atom is -0.469 e. The van der Waals surface area contributed by atoms with E-state index in [-0.39, 0.29) is 5.75 Å². The van der Waals surface area contributed by atoms with Crippen LogP contribution in [0.5, 0.6) is 5.75 Å². The van der Waals surface area contributed by atoms with E-state index in [1.54, 1.807) is 25.1 Å². The standard InChI is InChI=1S/C11H14O5S/c1-8(11(12)15-2)9-6-4-5-7-10(9)16-17(3,13)14/h4-8H,1-3H3. The highest BCUT2D eigenvalue weighted by atomic mass is 32.2. The summed E-state index contributed by atoms with van der Waals surface area (Å²) in [5.41, 5.74) is 0.477.